The standard InChI is InChI=1S/C11H9ClF3NO2/c12-9-4-3-7(6-8(9)11(13,14)15)16-5-1-2-10(17)18/h1-4,6,16H,5H2,(H,17,18)/b2-1+. The van der Waals surface area contributed by atoms with Crippen molar-refractivity contribution in [2.45, 2.75) is 6.18 Å². The van der Waals surface area contributed by atoms with Gasteiger partial charge in [-0.2, -0.15) is 13.2 Å². The molecule has 3 nitrogen and oxygen atoms in total. The lowest BCUT2D eigenvalue weighted by Gasteiger charge is -2.11. The van der Waals surface area contributed by atoms with Crippen molar-refractivity contribution in [1.82, 2.24) is 0 Å². The molecule has 98 valence electrons. The Morgan fingerprint density at radius 2 is 2.11 bits per heavy atom. The van der Waals surface area contributed by atoms with Crippen LogP contribution in [0.15, 0.2) is 30.4 Å². The zero-order chi connectivity index (χ0) is 13.8. The van der Waals surface area contributed by atoms with E-state index >= 15 is 0 Å². The first-order chi connectivity index (χ1) is 8.30. The van der Waals surface area contributed by atoms with Crippen molar-refractivity contribution in [2.24, 2.45) is 0 Å². The summed E-state index contributed by atoms with van der Waals surface area (Å²) in [5.74, 6) is -1.12. The van der Waals surface area contributed by atoms with Crippen molar-refractivity contribution in [3.63, 3.8) is 0 Å². The van der Waals surface area contributed by atoms with E-state index < -0.39 is 17.7 Å². The molecule has 1 aromatic carbocycles. The first-order valence-electron chi connectivity index (χ1n) is 4.81. The number of carbonyl (C=O) groups is 1. The molecule has 0 bridgehead atoms. The Labute approximate surface area is 106 Å². The van der Waals surface area contributed by atoms with Gasteiger partial charge in [0.05, 0.1) is 10.6 Å². The molecule has 0 fully saturated rings. The zero-order valence-electron chi connectivity index (χ0n) is 8.96. The Balaban J connectivity index is 2.77. The van der Waals surface area contributed by atoms with Gasteiger partial charge in [0.1, 0.15) is 0 Å². The highest BCUT2D eigenvalue weighted by atomic mass is 35.5. The highest BCUT2D eigenvalue weighted by molar-refractivity contribution is 6.31. The van der Waals surface area contributed by atoms with Crippen molar-refractivity contribution in [3.05, 3.63) is 40.9 Å². The molecule has 0 aromatic heterocycles. The number of rotatable bonds is 4. The first kappa shape index (κ1) is 14.4. The Bertz CT molecular complexity index is 472. The van der Waals surface area contributed by atoms with Crippen LogP contribution in [0.5, 0.6) is 0 Å². The molecule has 0 saturated heterocycles. The predicted octanol–water partition coefficient (Wildman–Crippen LogP) is 3.41. The minimum atomic E-state index is -4.52. The van der Waals surface area contributed by atoms with Gasteiger partial charge in [-0.25, -0.2) is 4.79 Å². The van der Waals surface area contributed by atoms with Gasteiger partial charge in [0, 0.05) is 18.3 Å². The van der Waals surface area contributed by atoms with Gasteiger partial charge in [-0.1, -0.05) is 17.7 Å². The topological polar surface area (TPSA) is 49.3 Å². The van der Waals surface area contributed by atoms with E-state index in [1.54, 1.807) is 0 Å². The normalized spacial score (nSPS) is 11.8. The van der Waals surface area contributed by atoms with Crippen LogP contribution in [-0.2, 0) is 11.0 Å². The average molecular weight is 280 g/mol. The highest BCUT2D eigenvalue weighted by Gasteiger charge is 2.33. The summed E-state index contributed by atoms with van der Waals surface area (Å²) in [4.78, 5) is 10.2. The van der Waals surface area contributed by atoms with E-state index in [0.29, 0.717) is 0 Å². The number of alkyl halides is 3. The maximum Gasteiger partial charge on any atom is 0.417 e. The SMILES string of the molecule is O=C(O)/C=C/CNc1ccc(Cl)c(C(F)(F)F)c1. The molecule has 0 unspecified atom stereocenters. The molecule has 1 rings (SSSR count). The van der Waals surface area contributed by atoms with Crippen LogP contribution in [0.2, 0.25) is 5.02 Å². The van der Waals surface area contributed by atoms with E-state index in [9.17, 15) is 18.0 Å². The van der Waals surface area contributed by atoms with Crippen molar-refractivity contribution in [2.75, 3.05) is 11.9 Å². The van der Waals surface area contributed by atoms with Crippen molar-refractivity contribution in [1.29, 1.82) is 0 Å². The molecule has 0 spiro atoms. The fourth-order valence-corrected chi connectivity index (χ4v) is 1.41. The lowest BCUT2D eigenvalue weighted by Crippen LogP contribution is -2.07. The van der Waals surface area contributed by atoms with Gasteiger partial charge < -0.3 is 10.4 Å². The maximum absolute atomic E-state index is 12.5. The van der Waals surface area contributed by atoms with E-state index in [0.717, 1.165) is 18.2 Å². The third kappa shape index (κ3) is 4.29. The van der Waals surface area contributed by atoms with Crippen LogP contribution in [-0.4, -0.2) is 17.6 Å². The Morgan fingerprint density at radius 3 is 2.67 bits per heavy atom. The second-order valence-electron chi connectivity index (χ2n) is 3.31. The summed E-state index contributed by atoms with van der Waals surface area (Å²) in [7, 11) is 0. The molecule has 1 aromatic rings. The van der Waals surface area contributed by atoms with Gasteiger partial charge in [-0.05, 0) is 18.2 Å². The number of carboxylic acids is 1. The summed E-state index contributed by atoms with van der Waals surface area (Å²) < 4.78 is 37.6. The molecular formula is C11H9ClF3NO2. The van der Waals surface area contributed by atoms with E-state index in [1.165, 1.54) is 12.1 Å². The van der Waals surface area contributed by atoms with Gasteiger partial charge in [0.15, 0.2) is 0 Å². The molecule has 0 heterocycles. The maximum atomic E-state index is 12.5. The quantitative estimate of drug-likeness (QED) is 0.831. The third-order valence-corrected chi connectivity index (χ3v) is 2.29. The van der Waals surface area contributed by atoms with Gasteiger partial charge in [-0.3, -0.25) is 0 Å². The smallest absolute Gasteiger partial charge is 0.417 e. The molecule has 0 saturated carbocycles. The van der Waals surface area contributed by atoms with Gasteiger partial charge >= 0.3 is 12.1 Å². The number of hydrogen-bond acceptors (Lipinski definition) is 2. The van der Waals surface area contributed by atoms with E-state index in [1.807, 2.05) is 0 Å². The second kappa shape index (κ2) is 5.77. The van der Waals surface area contributed by atoms with Crippen molar-refractivity contribution in [3.8, 4) is 0 Å². The Hall–Kier alpha value is -1.69. The molecule has 0 radical (unpaired) electrons. The fourth-order valence-electron chi connectivity index (χ4n) is 1.19. The van der Waals surface area contributed by atoms with Gasteiger partial charge in [0.25, 0.3) is 0 Å². The number of hydrogen-bond donors (Lipinski definition) is 2. The first-order valence-corrected chi connectivity index (χ1v) is 5.18. The van der Waals surface area contributed by atoms with Crippen LogP contribution < -0.4 is 5.32 Å². The van der Waals surface area contributed by atoms with Crippen LogP contribution in [0.4, 0.5) is 18.9 Å². The van der Waals surface area contributed by atoms with Crippen LogP contribution in [0.25, 0.3) is 0 Å². The summed E-state index contributed by atoms with van der Waals surface area (Å²) in [5, 5.41) is 10.6. The Morgan fingerprint density at radius 1 is 1.44 bits per heavy atom. The minimum Gasteiger partial charge on any atom is -0.478 e. The molecule has 0 aliphatic rings. The monoisotopic (exact) mass is 279 g/mol. The van der Waals surface area contributed by atoms with Crippen LogP contribution in [0.3, 0.4) is 0 Å². The molecule has 0 aliphatic carbocycles. The van der Waals surface area contributed by atoms with Crippen LogP contribution in [0.1, 0.15) is 5.56 Å². The van der Waals surface area contributed by atoms with E-state index in [4.69, 9.17) is 16.7 Å². The summed E-state index contributed by atoms with van der Waals surface area (Å²) in [5.41, 5.74) is -0.724. The summed E-state index contributed by atoms with van der Waals surface area (Å²) >= 11 is 5.44. The molecular weight excluding hydrogens is 271 g/mol. The van der Waals surface area contributed by atoms with Crippen molar-refractivity contribution < 1.29 is 23.1 Å². The summed E-state index contributed by atoms with van der Waals surface area (Å²) in [6, 6.07) is 3.39. The molecule has 2 N–H and O–H groups in total. The molecule has 0 atom stereocenters. The number of anilines is 1. The summed E-state index contributed by atoms with van der Waals surface area (Å²) in [6.45, 7) is 0.102. The Kier molecular flexibility index (Phi) is 4.61. The van der Waals surface area contributed by atoms with Gasteiger partial charge in [-0.15, -0.1) is 0 Å². The number of nitrogens with one attached hydrogen (secondary N) is 1. The lowest BCUT2D eigenvalue weighted by molar-refractivity contribution is -0.137. The third-order valence-electron chi connectivity index (χ3n) is 1.96. The zero-order valence-corrected chi connectivity index (χ0v) is 9.72. The highest BCUT2D eigenvalue weighted by Crippen LogP contribution is 2.36. The van der Waals surface area contributed by atoms with Crippen molar-refractivity contribution >= 4 is 23.3 Å². The fraction of sp³-hybridized carbons (Fsp3) is 0.182. The average Bonchev–Trinajstić information content (AvgIpc) is 2.24. The molecule has 7 heteroatoms. The number of halogens is 4. The van der Waals surface area contributed by atoms with Crippen LogP contribution in [0, 0.1) is 0 Å². The number of aliphatic carboxylic acids is 1. The minimum absolute atomic E-state index is 0.102. The number of carboxylic acid groups (broad SMARTS) is 1. The molecule has 0 aliphatic heterocycles. The molecule has 0 amide bonds. The van der Waals surface area contributed by atoms with E-state index in [-0.39, 0.29) is 17.3 Å². The van der Waals surface area contributed by atoms with Gasteiger partial charge in [0.2, 0.25) is 0 Å². The largest absolute Gasteiger partial charge is 0.478 e. The lowest BCUT2D eigenvalue weighted by atomic mass is 10.2. The van der Waals surface area contributed by atoms with E-state index in [2.05, 4.69) is 5.32 Å². The van der Waals surface area contributed by atoms with Crippen LogP contribution >= 0.6 is 11.6 Å². The summed E-state index contributed by atoms with van der Waals surface area (Å²) in [6.07, 6.45) is -2.34. The predicted molar refractivity (Wildman–Crippen MR) is 61.7 cm³/mol. The molecule has 18 heavy (non-hydrogen) atoms. The second-order valence-corrected chi connectivity index (χ2v) is 3.72. The number of benzene rings is 1.